The molecule has 10 heteroatoms. The fourth-order valence-electron chi connectivity index (χ4n) is 2.52. The first-order chi connectivity index (χ1) is 11.5. The van der Waals surface area contributed by atoms with E-state index in [0.717, 1.165) is 12.8 Å². The lowest BCUT2D eigenvalue weighted by Gasteiger charge is -2.14. The Morgan fingerprint density at radius 3 is 2.67 bits per heavy atom. The lowest BCUT2D eigenvalue weighted by molar-refractivity contribution is 0.0788. The molecule has 1 aliphatic rings. The van der Waals surface area contributed by atoms with Gasteiger partial charge in [-0.1, -0.05) is 29.8 Å². The molecule has 0 bridgehead atoms. The Morgan fingerprint density at radius 2 is 1.96 bits per heavy atom. The molecule has 128 valence electrons. The summed E-state index contributed by atoms with van der Waals surface area (Å²) >= 11 is 5.99. The number of anilines is 1. The number of nitrogens with zero attached hydrogens (tertiary/aromatic N) is 3. The minimum Gasteiger partial charge on any atom is -0.337 e. The van der Waals surface area contributed by atoms with Crippen molar-refractivity contribution in [3.05, 3.63) is 40.5 Å². The van der Waals surface area contributed by atoms with Crippen molar-refractivity contribution in [1.82, 2.24) is 20.3 Å². The number of nitrogens with one attached hydrogen (secondary N) is 2. The average Bonchev–Trinajstić information content (AvgIpc) is 3.20. The molecule has 1 saturated heterocycles. The van der Waals surface area contributed by atoms with Gasteiger partial charge in [-0.05, 0) is 24.5 Å². The number of likely N-dealkylation sites (tertiary alicyclic amines) is 1. The highest BCUT2D eigenvalue weighted by atomic mass is 35.5. The van der Waals surface area contributed by atoms with Crippen LogP contribution in [0.3, 0.4) is 0 Å². The van der Waals surface area contributed by atoms with Crippen molar-refractivity contribution < 1.29 is 13.2 Å². The Labute approximate surface area is 144 Å². The van der Waals surface area contributed by atoms with Gasteiger partial charge in [0.15, 0.2) is 11.5 Å². The van der Waals surface area contributed by atoms with Gasteiger partial charge in [0.05, 0.1) is 5.75 Å². The third kappa shape index (κ3) is 3.68. The third-order valence-electron chi connectivity index (χ3n) is 3.70. The summed E-state index contributed by atoms with van der Waals surface area (Å²) in [4.78, 5) is 14.0. The van der Waals surface area contributed by atoms with Crippen LogP contribution in [0.25, 0.3) is 0 Å². The minimum atomic E-state index is -3.79. The van der Waals surface area contributed by atoms with Crippen molar-refractivity contribution in [2.24, 2.45) is 0 Å². The molecule has 0 atom stereocenters. The Kier molecular flexibility index (Phi) is 4.72. The van der Waals surface area contributed by atoms with Gasteiger partial charge < -0.3 is 4.90 Å². The monoisotopic (exact) mass is 369 g/mol. The van der Waals surface area contributed by atoms with Crippen LogP contribution in [0.2, 0.25) is 5.02 Å². The van der Waals surface area contributed by atoms with Crippen LogP contribution in [0.5, 0.6) is 0 Å². The zero-order valence-corrected chi connectivity index (χ0v) is 14.3. The van der Waals surface area contributed by atoms with Crippen LogP contribution in [-0.2, 0) is 15.8 Å². The van der Waals surface area contributed by atoms with E-state index in [4.69, 9.17) is 11.6 Å². The first-order valence-corrected chi connectivity index (χ1v) is 9.43. The van der Waals surface area contributed by atoms with Gasteiger partial charge in [0, 0.05) is 18.1 Å². The molecular formula is C14H16ClN5O3S. The van der Waals surface area contributed by atoms with Crippen LogP contribution in [0.15, 0.2) is 24.3 Å². The molecule has 2 aromatic rings. The van der Waals surface area contributed by atoms with Crippen molar-refractivity contribution in [2.75, 3.05) is 17.8 Å². The molecule has 2 N–H and O–H groups in total. The summed E-state index contributed by atoms with van der Waals surface area (Å²) in [5.41, 5.74) is 0.433. The predicted molar refractivity (Wildman–Crippen MR) is 89.2 cm³/mol. The number of carbonyl (C=O) groups excluding carboxylic acids is 1. The van der Waals surface area contributed by atoms with Gasteiger partial charge in [-0.3, -0.25) is 9.52 Å². The number of halogens is 1. The SMILES string of the molecule is O=C(c1n[nH]nc1NS(=O)(=O)Cc1ccccc1Cl)N1CCCC1. The number of sulfonamides is 1. The molecule has 24 heavy (non-hydrogen) atoms. The maximum absolute atomic E-state index is 12.4. The molecule has 0 spiro atoms. The van der Waals surface area contributed by atoms with Gasteiger partial charge in [-0.15, -0.1) is 10.2 Å². The normalized spacial score (nSPS) is 14.8. The van der Waals surface area contributed by atoms with E-state index in [1.807, 2.05) is 0 Å². The van der Waals surface area contributed by atoms with Crippen molar-refractivity contribution in [3.63, 3.8) is 0 Å². The van der Waals surface area contributed by atoms with Gasteiger partial charge in [0.2, 0.25) is 10.0 Å². The number of amides is 1. The molecule has 1 amide bonds. The topological polar surface area (TPSA) is 108 Å². The zero-order chi connectivity index (χ0) is 17.2. The van der Waals surface area contributed by atoms with Crippen LogP contribution in [-0.4, -0.2) is 47.7 Å². The molecular weight excluding hydrogens is 354 g/mol. The maximum atomic E-state index is 12.4. The summed E-state index contributed by atoms with van der Waals surface area (Å²) < 4.78 is 27.0. The standard InChI is InChI=1S/C14H16ClN5O3S/c15-11-6-2-1-5-10(11)9-24(22,23)18-13-12(16-19-17-13)14(21)20-7-3-4-8-20/h1-2,5-6H,3-4,7-9H2,(H2,16,17,18,19). The van der Waals surface area contributed by atoms with Gasteiger partial charge in [-0.25, -0.2) is 8.42 Å². The quantitative estimate of drug-likeness (QED) is 0.832. The van der Waals surface area contributed by atoms with Crippen molar-refractivity contribution in [1.29, 1.82) is 0 Å². The number of H-pyrrole nitrogens is 1. The van der Waals surface area contributed by atoms with E-state index in [1.54, 1.807) is 29.2 Å². The van der Waals surface area contributed by atoms with Crippen molar-refractivity contribution in [3.8, 4) is 0 Å². The summed E-state index contributed by atoms with van der Waals surface area (Å²) in [6.07, 6.45) is 1.86. The lowest BCUT2D eigenvalue weighted by atomic mass is 10.2. The van der Waals surface area contributed by atoms with Gasteiger partial charge >= 0.3 is 0 Å². The van der Waals surface area contributed by atoms with Crippen molar-refractivity contribution in [2.45, 2.75) is 18.6 Å². The molecule has 0 radical (unpaired) electrons. The Balaban J connectivity index is 1.77. The molecule has 0 saturated carbocycles. The van der Waals surface area contributed by atoms with E-state index < -0.39 is 10.0 Å². The Bertz CT molecular complexity index is 846. The van der Waals surface area contributed by atoms with Crippen LogP contribution in [0.1, 0.15) is 28.9 Å². The van der Waals surface area contributed by atoms with Gasteiger partial charge in [-0.2, -0.15) is 5.21 Å². The molecule has 1 aromatic heterocycles. The van der Waals surface area contributed by atoms with E-state index in [9.17, 15) is 13.2 Å². The maximum Gasteiger partial charge on any atom is 0.278 e. The summed E-state index contributed by atoms with van der Waals surface area (Å²) in [5, 5.41) is 10.2. The molecule has 8 nitrogen and oxygen atoms in total. The number of benzene rings is 1. The van der Waals surface area contributed by atoms with Crippen LogP contribution >= 0.6 is 11.6 Å². The smallest absolute Gasteiger partial charge is 0.278 e. The number of aromatic nitrogens is 3. The summed E-state index contributed by atoms with van der Waals surface area (Å²) in [5.74, 6) is -0.757. The number of rotatable bonds is 5. The van der Waals surface area contributed by atoms with E-state index >= 15 is 0 Å². The molecule has 0 aliphatic carbocycles. The highest BCUT2D eigenvalue weighted by Crippen LogP contribution is 2.21. The van der Waals surface area contributed by atoms with Crippen LogP contribution < -0.4 is 4.72 Å². The number of hydrogen-bond donors (Lipinski definition) is 2. The molecule has 1 aromatic carbocycles. The summed E-state index contributed by atoms with van der Waals surface area (Å²) in [6, 6.07) is 6.66. The number of carbonyl (C=O) groups is 1. The van der Waals surface area contributed by atoms with E-state index in [0.29, 0.717) is 23.7 Å². The Morgan fingerprint density at radius 1 is 1.25 bits per heavy atom. The first kappa shape index (κ1) is 16.7. The lowest BCUT2D eigenvalue weighted by Crippen LogP contribution is -2.29. The molecule has 0 unspecified atom stereocenters. The number of hydrogen-bond acceptors (Lipinski definition) is 5. The van der Waals surface area contributed by atoms with E-state index in [1.165, 1.54) is 0 Å². The highest BCUT2D eigenvalue weighted by Gasteiger charge is 2.27. The number of aromatic amines is 1. The highest BCUT2D eigenvalue weighted by molar-refractivity contribution is 7.91. The van der Waals surface area contributed by atoms with Crippen LogP contribution in [0, 0.1) is 0 Å². The molecule has 2 heterocycles. The van der Waals surface area contributed by atoms with Crippen LogP contribution in [0.4, 0.5) is 5.82 Å². The first-order valence-electron chi connectivity index (χ1n) is 7.40. The fraction of sp³-hybridized carbons (Fsp3) is 0.357. The van der Waals surface area contributed by atoms with E-state index in [2.05, 4.69) is 20.1 Å². The van der Waals surface area contributed by atoms with Crippen molar-refractivity contribution >= 4 is 33.3 Å². The van der Waals surface area contributed by atoms with E-state index in [-0.39, 0.29) is 23.2 Å². The molecule has 1 fully saturated rings. The minimum absolute atomic E-state index is 0.0281. The summed E-state index contributed by atoms with van der Waals surface area (Å²) in [6.45, 7) is 1.27. The molecule has 3 rings (SSSR count). The fourth-order valence-corrected chi connectivity index (χ4v) is 3.98. The second-order valence-electron chi connectivity index (χ2n) is 5.47. The second kappa shape index (κ2) is 6.78. The second-order valence-corrected chi connectivity index (χ2v) is 7.60. The van der Waals surface area contributed by atoms with Gasteiger partial charge in [0.1, 0.15) is 0 Å². The molecule has 1 aliphatic heterocycles. The van der Waals surface area contributed by atoms with Gasteiger partial charge in [0.25, 0.3) is 5.91 Å². The predicted octanol–water partition coefficient (Wildman–Crippen LogP) is 1.64. The third-order valence-corrected chi connectivity index (χ3v) is 5.26. The Hall–Kier alpha value is -2.13. The average molecular weight is 370 g/mol. The largest absolute Gasteiger partial charge is 0.337 e. The summed E-state index contributed by atoms with van der Waals surface area (Å²) in [7, 11) is -3.79. The zero-order valence-electron chi connectivity index (χ0n) is 12.7.